The lowest BCUT2D eigenvalue weighted by Crippen LogP contribution is -2.42. The molecule has 1 aromatic carbocycles. The molecule has 1 fully saturated rings. The van der Waals surface area contributed by atoms with Gasteiger partial charge in [-0.2, -0.15) is 5.10 Å². The van der Waals surface area contributed by atoms with Gasteiger partial charge in [0, 0.05) is 6.04 Å². The van der Waals surface area contributed by atoms with Crippen LogP contribution in [0.4, 0.5) is 0 Å². The molecule has 1 amide bonds. The summed E-state index contributed by atoms with van der Waals surface area (Å²) < 4.78 is 7.40. The summed E-state index contributed by atoms with van der Waals surface area (Å²) in [7, 11) is 0. The Kier molecular flexibility index (Phi) is 5.79. The summed E-state index contributed by atoms with van der Waals surface area (Å²) in [5, 5.41) is 7.06. The molecule has 1 aromatic heterocycles. The summed E-state index contributed by atoms with van der Waals surface area (Å²) in [6, 6.07) is 9.95. The monoisotopic (exact) mass is 329 g/mol. The molecule has 7 nitrogen and oxygen atoms in total. The maximum atomic E-state index is 12.1. The van der Waals surface area contributed by atoms with Gasteiger partial charge in [-0.25, -0.2) is 4.98 Å². The fraction of sp³-hybridized carbons (Fsp3) is 0.471. The third-order valence-electron chi connectivity index (χ3n) is 4.15. The molecule has 128 valence electrons. The van der Waals surface area contributed by atoms with Gasteiger partial charge in [-0.3, -0.25) is 14.4 Å². The van der Waals surface area contributed by atoms with Crippen molar-refractivity contribution in [3.05, 3.63) is 43.0 Å². The molecule has 0 spiro atoms. The Labute approximate surface area is 141 Å². The minimum atomic E-state index is 0.0390. The standard InChI is InChI=1S/C17H23N5O2/c23-17(19-8-10-24-16-6-2-1-3-7-16)12-21-9-4-5-15(21)11-22-14-18-13-20-22/h1-3,6-7,13-15H,4-5,8-12H2,(H,19,23)/t15-/m1/s1. The molecule has 0 saturated carbocycles. The summed E-state index contributed by atoms with van der Waals surface area (Å²) >= 11 is 0. The minimum Gasteiger partial charge on any atom is -0.492 e. The first kappa shape index (κ1) is 16.4. The molecule has 0 bridgehead atoms. The van der Waals surface area contributed by atoms with Crippen LogP contribution >= 0.6 is 0 Å². The van der Waals surface area contributed by atoms with Crippen LogP contribution in [0.3, 0.4) is 0 Å². The van der Waals surface area contributed by atoms with E-state index in [1.54, 1.807) is 12.7 Å². The highest BCUT2D eigenvalue weighted by atomic mass is 16.5. The van der Waals surface area contributed by atoms with Crippen LogP contribution in [-0.4, -0.2) is 57.9 Å². The summed E-state index contributed by atoms with van der Waals surface area (Å²) in [5.74, 6) is 0.858. The van der Waals surface area contributed by atoms with Gasteiger partial charge < -0.3 is 10.1 Å². The zero-order valence-electron chi connectivity index (χ0n) is 13.7. The molecule has 0 radical (unpaired) electrons. The first-order chi connectivity index (χ1) is 11.8. The van der Waals surface area contributed by atoms with Crippen molar-refractivity contribution in [2.24, 2.45) is 0 Å². The number of para-hydroxylation sites is 1. The summed E-state index contributed by atoms with van der Waals surface area (Å²) in [6.07, 6.45) is 5.46. The number of aromatic nitrogens is 3. The van der Waals surface area contributed by atoms with Gasteiger partial charge in [-0.05, 0) is 31.5 Å². The molecule has 1 saturated heterocycles. The fourth-order valence-corrected chi connectivity index (χ4v) is 2.97. The van der Waals surface area contributed by atoms with E-state index in [9.17, 15) is 4.79 Å². The lowest BCUT2D eigenvalue weighted by atomic mass is 10.2. The third kappa shape index (κ3) is 4.79. The van der Waals surface area contributed by atoms with E-state index in [0.29, 0.717) is 25.7 Å². The predicted octanol–water partition coefficient (Wildman–Crippen LogP) is 0.938. The van der Waals surface area contributed by atoms with Gasteiger partial charge in [-0.1, -0.05) is 18.2 Å². The van der Waals surface area contributed by atoms with Crippen molar-refractivity contribution in [1.29, 1.82) is 0 Å². The largest absolute Gasteiger partial charge is 0.492 e. The Morgan fingerprint density at radius 3 is 3.00 bits per heavy atom. The molecule has 1 aliphatic heterocycles. The van der Waals surface area contributed by atoms with Gasteiger partial charge >= 0.3 is 0 Å². The lowest BCUT2D eigenvalue weighted by Gasteiger charge is -2.23. The van der Waals surface area contributed by atoms with E-state index < -0.39 is 0 Å². The van der Waals surface area contributed by atoms with E-state index in [2.05, 4.69) is 20.3 Å². The van der Waals surface area contributed by atoms with Crippen LogP contribution in [0, 0.1) is 0 Å². The molecule has 0 unspecified atom stereocenters. The van der Waals surface area contributed by atoms with Crippen molar-refractivity contribution in [2.75, 3.05) is 26.2 Å². The van der Waals surface area contributed by atoms with Crippen LogP contribution in [-0.2, 0) is 11.3 Å². The average Bonchev–Trinajstić information content (AvgIpc) is 3.26. The molecule has 7 heteroatoms. The fourth-order valence-electron chi connectivity index (χ4n) is 2.97. The molecule has 0 aliphatic carbocycles. The van der Waals surface area contributed by atoms with E-state index in [1.165, 1.54) is 0 Å². The second kappa shape index (κ2) is 8.44. The van der Waals surface area contributed by atoms with E-state index in [4.69, 9.17) is 4.74 Å². The van der Waals surface area contributed by atoms with E-state index in [1.807, 2.05) is 35.0 Å². The van der Waals surface area contributed by atoms with Crippen LogP contribution in [0.1, 0.15) is 12.8 Å². The van der Waals surface area contributed by atoms with Crippen molar-refractivity contribution in [1.82, 2.24) is 25.0 Å². The predicted molar refractivity (Wildman–Crippen MR) is 89.6 cm³/mol. The number of likely N-dealkylation sites (tertiary alicyclic amines) is 1. The minimum absolute atomic E-state index is 0.0390. The third-order valence-corrected chi connectivity index (χ3v) is 4.15. The SMILES string of the molecule is O=C(CN1CCC[C@@H]1Cn1cncn1)NCCOc1ccccc1. The van der Waals surface area contributed by atoms with E-state index in [-0.39, 0.29) is 5.91 Å². The Hall–Kier alpha value is -2.41. The second-order valence-corrected chi connectivity index (χ2v) is 5.90. The van der Waals surface area contributed by atoms with Crippen LogP contribution < -0.4 is 10.1 Å². The number of hydrogen-bond donors (Lipinski definition) is 1. The number of benzene rings is 1. The Morgan fingerprint density at radius 1 is 1.33 bits per heavy atom. The van der Waals surface area contributed by atoms with Gasteiger partial charge in [0.05, 0.1) is 19.6 Å². The molecule has 24 heavy (non-hydrogen) atoms. The van der Waals surface area contributed by atoms with Gasteiger partial charge in [0.2, 0.25) is 5.91 Å². The highest BCUT2D eigenvalue weighted by Gasteiger charge is 2.26. The summed E-state index contributed by atoms with van der Waals surface area (Å²) in [6.45, 7) is 3.13. The molecular formula is C17H23N5O2. The van der Waals surface area contributed by atoms with Crippen LogP contribution in [0.25, 0.3) is 0 Å². The van der Waals surface area contributed by atoms with Gasteiger partial charge in [0.15, 0.2) is 0 Å². The van der Waals surface area contributed by atoms with Crippen LogP contribution in [0.5, 0.6) is 5.75 Å². The Morgan fingerprint density at radius 2 is 2.21 bits per heavy atom. The van der Waals surface area contributed by atoms with Crippen molar-refractivity contribution in [2.45, 2.75) is 25.4 Å². The number of hydrogen-bond acceptors (Lipinski definition) is 5. The first-order valence-electron chi connectivity index (χ1n) is 8.32. The number of amides is 1. The van der Waals surface area contributed by atoms with Gasteiger partial charge in [0.1, 0.15) is 25.0 Å². The van der Waals surface area contributed by atoms with Crippen molar-refractivity contribution in [3.8, 4) is 5.75 Å². The first-order valence-corrected chi connectivity index (χ1v) is 8.32. The van der Waals surface area contributed by atoms with Crippen LogP contribution in [0.2, 0.25) is 0 Å². The quantitative estimate of drug-likeness (QED) is 0.730. The zero-order chi connectivity index (χ0) is 16.6. The normalized spacial score (nSPS) is 17.8. The number of nitrogens with zero attached hydrogens (tertiary/aromatic N) is 4. The van der Waals surface area contributed by atoms with Crippen molar-refractivity contribution >= 4 is 5.91 Å². The van der Waals surface area contributed by atoms with Crippen molar-refractivity contribution in [3.63, 3.8) is 0 Å². The number of carbonyl (C=O) groups excluding carboxylic acids is 1. The number of nitrogens with one attached hydrogen (secondary N) is 1. The molecule has 2 heterocycles. The molecular weight excluding hydrogens is 306 g/mol. The maximum Gasteiger partial charge on any atom is 0.234 e. The molecule has 1 aliphatic rings. The highest BCUT2D eigenvalue weighted by molar-refractivity contribution is 5.78. The lowest BCUT2D eigenvalue weighted by molar-refractivity contribution is -0.122. The Balaban J connectivity index is 1.36. The van der Waals surface area contributed by atoms with Crippen molar-refractivity contribution < 1.29 is 9.53 Å². The van der Waals surface area contributed by atoms with Crippen LogP contribution in [0.15, 0.2) is 43.0 Å². The average molecular weight is 329 g/mol. The number of carbonyl (C=O) groups is 1. The van der Waals surface area contributed by atoms with Gasteiger partial charge in [0.25, 0.3) is 0 Å². The highest BCUT2D eigenvalue weighted by Crippen LogP contribution is 2.17. The molecule has 3 rings (SSSR count). The molecule has 1 N–H and O–H groups in total. The second-order valence-electron chi connectivity index (χ2n) is 5.90. The van der Waals surface area contributed by atoms with Gasteiger partial charge in [-0.15, -0.1) is 0 Å². The number of rotatable bonds is 8. The zero-order valence-corrected chi connectivity index (χ0v) is 13.7. The topological polar surface area (TPSA) is 72.3 Å². The maximum absolute atomic E-state index is 12.1. The van der Waals surface area contributed by atoms with E-state index >= 15 is 0 Å². The smallest absolute Gasteiger partial charge is 0.234 e. The molecule has 1 atom stereocenters. The van der Waals surface area contributed by atoms with E-state index in [0.717, 1.165) is 31.7 Å². The summed E-state index contributed by atoms with van der Waals surface area (Å²) in [5.41, 5.74) is 0. The molecule has 2 aromatic rings. The number of ether oxygens (including phenoxy) is 1. The summed E-state index contributed by atoms with van der Waals surface area (Å²) in [4.78, 5) is 18.3. The Bertz CT molecular complexity index is 617.